The Kier molecular flexibility index (Phi) is 2.08. The minimum atomic E-state index is 0.920. The lowest BCUT2D eigenvalue weighted by Crippen LogP contribution is -2.23. The van der Waals surface area contributed by atoms with Crippen molar-refractivity contribution >= 4 is 10.9 Å². The van der Waals surface area contributed by atoms with Gasteiger partial charge in [-0.15, -0.1) is 0 Å². The summed E-state index contributed by atoms with van der Waals surface area (Å²) >= 11 is 0. The molecule has 0 aliphatic carbocycles. The molecule has 3 heteroatoms. The van der Waals surface area contributed by atoms with Crippen LogP contribution in [-0.4, -0.2) is 25.9 Å². The van der Waals surface area contributed by atoms with Gasteiger partial charge in [-0.1, -0.05) is 6.07 Å². The lowest BCUT2D eigenvalue weighted by Gasteiger charge is -2.15. The maximum Gasteiger partial charge on any atom is 0.128 e. The average molecular weight is 190 g/mol. The first kappa shape index (κ1) is 8.94. The van der Waals surface area contributed by atoms with Crippen LogP contribution in [0.2, 0.25) is 0 Å². The molecule has 0 aliphatic heterocycles. The monoisotopic (exact) mass is 190 g/mol. The van der Waals surface area contributed by atoms with Gasteiger partial charge in [-0.2, -0.15) is 0 Å². The molecule has 3 nitrogen and oxygen atoms in total. The van der Waals surface area contributed by atoms with Gasteiger partial charge in [0.25, 0.3) is 0 Å². The van der Waals surface area contributed by atoms with Gasteiger partial charge in [0.2, 0.25) is 0 Å². The Morgan fingerprint density at radius 2 is 2.00 bits per heavy atom. The van der Waals surface area contributed by atoms with Crippen molar-refractivity contribution in [3.8, 4) is 5.75 Å². The number of benzene rings is 1. The molecule has 0 aliphatic rings. The predicted octanol–water partition coefficient (Wildman–Crippen LogP) is 1.85. The molecule has 14 heavy (non-hydrogen) atoms. The van der Waals surface area contributed by atoms with E-state index in [2.05, 4.69) is 16.8 Å². The molecule has 0 atom stereocenters. The van der Waals surface area contributed by atoms with Crippen LogP contribution in [0.1, 0.15) is 0 Å². The van der Waals surface area contributed by atoms with Crippen molar-refractivity contribution in [3.63, 3.8) is 0 Å². The van der Waals surface area contributed by atoms with Crippen LogP contribution in [0.5, 0.6) is 5.75 Å². The van der Waals surface area contributed by atoms with Crippen molar-refractivity contribution < 1.29 is 4.74 Å². The minimum absolute atomic E-state index is 0.920. The molecule has 0 unspecified atom stereocenters. The van der Waals surface area contributed by atoms with E-state index in [1.807, 2.05) is 37.4 Å². The SMILES string of the molecule is COc1cccc2c1ccn2N(C)C. The molecule has 0 radical (unpaired) electrons. The van der Waals surface area contributed by atoms with Gasteiger partial charge in [0.1, 0.15) is 5.75 Å². The zero-order valence-electron chi connectivity index (χ0n) is 8.69. The Hall–Kier alpha value is -1.64. The van der Waals surface area contributed by atoms with Crippen LogP contribution in [0.15, 0.2) is 30.5 Å². The van der Waals surface area contributed by atoms with E-state index in [4.69, 9.17) is 4.74 Å². The summed E-state index contributed by atoms with van der Waals surface area (Å²) < 4.78 is 7.37. The van der Waals surface area contributed by atoms with E-state index >= 15 is 0 Å². The van der Waals surface area contributed by atoms with Crippen molar-refractivity contribution in [2.24, 2.45) is 0 Å². The number of ether oxygens (including phenoxy) is 1. The number of nitrogens with zero attached hydrogens (tertiary/aromatic N) is 2. The summed E-state index contributed by atoms with van der Waals surface area (Å²) in [7, 11) is 5.72. The molecule has 0 fully saturated rings. The summed E-state index contributed by atoms with van der Waals surface area (Å²) in [4.78, 5) is 0. The second kappa shape index (κ2) is 3.25. The highest BCUT2D eigenvalue weighted by molar-refractivity contribution is 5.86. The van der Waals surface area contributed by atoms with Crippen LogP contribution in [0.3, 0.4) is 0 Å². The largest absolute Gasteiger partial charge is 0.496 e. The number of aromatic nitrogens is 1. The molecule has 1 aromatic heterocycles. The van der Waals surface area contributed by atoms with E-state index in [0.29, 0.717) is 0 Å². The summed E-state index contributed by atoms with van der Waals surface area (Å²) in [6.07, 6.45) is 2.03. The first-order chi connectivity index (χ1) is 6.74. The molecule has 0 saturated heterocycles. The van der Waals surface area contributed by atoms with Gasteiger partial charge < -0.3 is 9.75 Å². The molecule has 1 aromatic carbocycles. The lowest BCUT2D eigenvalue weighted by molar-refractivity contribution is 0.420. The maximum absolute atomic E-state index is 5.29. The topological polar surface area (TPSA) is 17.4 Å². The standard InChI is InChI=1S/C11H14N2O/c1-12(2)13-8-7-9-10(13)5-4-6-11(9)14-3/h4-8H,1-3H3. The van der Waals surface area contributed by atoms with Gasteiger partial charge in [-0.05, 0) is 18.2 Å². The molecule has 0 amide bonds. The van der Waals surface area contributed by atoms with Crippen LogP contribution >= 0.6 is 0 Å². The van der Waals surface area contributed by atoms with Gasteiger partial charge >= 0.3 is 0 Å². The molecule has 0 saturated carbocycles. The molecule has 0 N–H and O–H groups in total. The molecular weight excluding hydrogens is 176 g/mol. The first-order valence-electron chi connectivity index (χ1n) is 4.55. The molecule has 0 spiro atoms. The molecular formula is C11H14N2O. The summed E-state index contributed by atoms with van der Waals surface area (Å²) in [5, 5.41) is 3.17. The van der Waals surface area contributed by atoms with Crippen molar-refractivity contribution in [1.29, 1.82) is 0 Å². The average Bonchev–Trinajstić information content (AvgIpc) is 2.60. The molecule has 0 bridgehead atoms. The Morgan fingerprint density at radius 1 is 1.21 bits per heavy atom. The predicted molar refractivity (Wildman–Crippen MR) is 58.6 cm³/mol. The van der Waals surface area contributed by atoms with E-state index in [0.717, 1.165) is 16.7 Å². The Balaban J connectivity index is 2.69. The number of methoxy groups -OCH3 is 1. The number of fused-ring (bicyclic) bond motifs is 1. The molecule has 2 rings (SSSR count). The minimum Gasteiger partial charge on any atom is -0.496 e. The fourth-order valence-corrected chi connectivity index (χ4v) is 1.65. The summed E-state index contributed by atoms with van der Waals surface area (Å²) in [6, 6.07) is 8.12. The Morgan fingerprint density at radius 3 is 2.64 bits per heavy atom. The van der Waals surface area contributed by atoms with Crippen LogP contribution in [0.25, 0.3) is 10.9 Å². The smallest absolute Gasteiger partial charge is 0.128 e. The van der Waals surface area contributed by atoms with Gasteiger partial charge in [-0.25, -0.2) is 0 Å². The summed E-state index contributed by atoms with van der Waals surface area (Å²) in [6.45, 7) is 0. The fraction of sp³-hybridized carbons (Fsp3) is 0.273. The normalized spacial score (nSPS) is 10.5. The highest BCUT2D eigenvalue weighted by Gasteiger charge is 2.05. The van der Waals surface area contributed by atoms with Crippen LogP contribution in [-0.2, 0) is 0 Å². The van der Waals surface area contributed by atoms with Crippen molar-refractivity contribution in [3.05, 3.63) is 30.5 Å². The Bertz CT molecular complexity index is 445. The summed E-state index contributed by atoms with van der Waals surface area (Å²) in [5.41, 5.74) is 1.16. The second-order valence-electron chi connectivity index (χ2n) is 3.40. The van der Waals surface area contributed by atoms with Gasteiger partial charge in [-0.3, -0.25) is 4.68 Å². The fourth-order valence-electron chi connectivity index (χ4n) is 1.65. The quantitative estimate of drug-likeness (QED) is 0.719. The van der Waals surface area contributed by atoms with E-state index in [1.54, 1.807) is 7.11 Å². The summed E-state index contributed by atoms with van der Waals surface area (Å²) in [5.74, 6) is 0.920. The van der Waals surface area contributed by atoms with Crippen LogP contribution < -0.4 is 9.75 Å². The van der Waals surface area contributed by atoms with E-state index < -0.39 is 0 Å². The Labute approximate surface area is 83.5 Å². The van der Waals surface area contributed by atoms with E-state index in [9.17, 15) is 0 Å². The second-order valence-corrected chi connectivity index (χ2v) is 3.40. The van der Waals surface area contributed by atoms with E-state index in [-0.39, 0.29) is 0 Å². The molecule has 2 aromatic rings. The number of rotatable bonds is 2. The lowest BCUT2D eigenvalue weighted by atomic mass is 10.2. The van der Waals surface area contributed by atoms with E-state index in [1.165, 1.54) is 0 Å². The van der Waals surface area contributed by atoms with Crippen molar-refractivity contribution in [2.45, 2.75) is 0 Å². The third-order valence-corrected chi connectivity index (χ3v) is 2.32. The van der Waals surface area contributed by atoms with Gasteiger partial charge in [0.05, 0.1) is 12.6 Å². The maximum atomic E-state index is 5.29. The number of hydrogen-bond donors (Lipinski definition) is 0. The van der Waals surface area contributed by atoms with Crippen molar-refractivity contribution in [1.82, 2.24) is 4.68 Å². The first-order valence-corrected chi connectivity index (χ1v) is 4.55. The van der Waals surface area contributed by atoms with Gasteiger partial charge in [0.15, 0.2) is 0 Å². The van der Waals surface area contributed by atoms with Crippen molar-refractivity contribution in [2.75, 3.05) is 26.2 Å². The highest BCUT2D eigenvalue weighted by atomic mass is 16.5. The third-order valence-electron chi connectivity index (χ3n) is 2.32. The highest BCUT2D eigenvalue weighted by Crippen LogP contribution is 2.25. The molecule has 1 heterocycles. The zero-order chi connectivity index (χ0) is 10.1. The number of hydrogen-bond acceptors (Lipinski definition) is 2. The van der Waals surface area contributed by atoms with Crippen LogP contribution in [0.4, 0.5) is 0 Å². The van der Waals surface area contributed by atoms with Crippen LogP contribution in [0, 0.1) is 0 Å². The third kappa shape index (κ3) is 1.21. The molecule has 74 valence electrons. The van der Waals surface area contributed by atoms with Gasteiger partial charge in [0, 0.05) is 25.7 Å². The zero-order valence-corrected chi connectivity index (χ0v) is 8.69.